The number of hydrogen-bond acceptors (Lipinski definition) is 4. The third-order valence-electron chi connectivity index (χ3n) is 4.71. The molecular formula is C25H36N2O3. The summed E-state index contributed by atoms with van der Waals surface area (Å²) >= 11 is 0. The Kier molecular flexibility index (Phi) is 11.3. The summed E-state index contributed by atoms with van der Waals surface area (Å²) in [5.41, 5.74) is 1.62. The van der Waals surface area contributed by atoms with Gasteiger partial charge in [0.25, 0.3) is 0 Å². The molecule has 5 heteroatoms. The largest absolute Gasteiger partial charge is 0.494 e. The highest BCUT2D eigenvalue weighted by atomic mass is 16.5. The molecule has 0 aliphatic heterocycles. The van der Waals surface area contributed by atoms with Crippen LogP contribution >= 0.6 is 0 Å². The third-order valence-corrected chi connectivity index (χ3v) is 4.71. The van der Waals surface area contributed by atoms with Crippen LogP contribution in [0.4, 0.5) is 11.4 Å². The van der Waals surface area contributed by atoms with Crippen LogP contribution < -0.4 is 20.1 Å². The fraction of sp³-hybridized carbons (Fsp3) is 0.480. The third kappa shape index (κ3) is 9.68. The summed E-state index contributed by atoms with van der Waals surface area (Å²) < 4.78 is 11.5. The number of ether oxygens (including phenoxy) is 2. The highest BCUT2D eigenvalue weighted by Crippen LogP contribution is 2.19. The summed E-state index contributed by atoms with van der Waals surface area (Å²) in [5, 5.41) is 6.04. The van der Waals surface area contributed by atoms with Gasteiger partial charge in [0.1, 0.15) is 11.5 Å². The maximum atomic E-state index is 12.3. The molecule has 30 heavy (non-hydrogen) atoms. The molecule has 164 valence electrons. The molecule has 5 nitrogen and oxygen atoms in total. The van der Waals surface area contributed by atoms with Gasteiger partial charge in [-0.3, -0.25) is 4.79 Å². The maximum absolute atomic E-state index is 12.3. The lowest BCUT2D eigenvalue weighted by atomic mass is 10.2. The predicted molar refractivity (Wildman–Crippen MR) is 125 cm³/mol. The fourth-order valence-electron chi connectivity index (χ4n) is 2.95. The molecule has 0 aromatic heterocycles. The van der Waals surface area contributed by atoms with Gasteiger partial charge < -0.3 is 20.1 Å². The van der Waals surface area contributed by atoms with Crippen molar-refractivity contribution < 1.29 is 14.3 Å². The van der Waals surface area contributed by atoms with Crippen molar-refractivity contribution in [2.24, 2.45) is 0 Å². The van der Waals surface area contributed by atoms with E-state index >= 15 is 0 Å². The van der Waals surface area contributed by atoms with E-state index in [2.05, 4.69) is 24.5 Å². The topological polar surface area (TPSA) is 59.6 Å². The number of rotatable bonds is 15. The van der Waals surface area contributed by atoms with Crippen LogP contribution in [-0.4, -0.2) is 25.7 Å². The van der Waals surface area contributed by atoms with Gasteiger partial charge in [-0.25, -0.2) is 0 Å². The number of carbonyl (C=O) groups is 1. The van der Waals surface area contributed by atoms with E-state index in [9.17, 15) is 4.79 Å². The molecule has 2 aromatic rings. The smallest absolute Gasteiger partial charge is 0.243 e. The van der Waals surface area contributed by atoms with Gasteiger partial charge in [0.2, 0.25) is 5.91 Å². The molecule has 2 rings (SSSR count). The minimum absolute atomic E-state index is 0.102. The van der Waals surface area contributed by atoms with Crippen molar-refractivity contribution in [1.82, 2.24) is 0 Å². The summed E-state index contributed by atoms with van der Waals surface area (Å²) in [6, 6.07) is 15.2. The van der Waals surface area contributed by atoms with Crippen LogP contribution in [0.2, 0.25) is 0 Å². The van der Waals surface area contributed by atoms with E-state index < -0.39 is 0 Å². The summed E-state index contributed by atoms with van der Waals surface area (Å²) in [6.07, 6.45) is 8.21. The van der Waals surface area contributed by atoms with E-state index in [1.807, 2.05) is 48.5 Å². The lowest BCUT2D eigenvalue weighted by molar-refractivity contribution is -0.114. The van der Waals surface area contributed by atoms with Crippen molar-refractivity contribution in [2.75, 3.05) is 30.4 Å². The zero-order chi connectivity index (χ0) is 21.4. The van der Waals surface area contributed by atoms with E-state index in [-0.39, 0.29) is 12.5 Å². The molecule has 0 aliphatic carbocycles. The summed E-state index contributed by atoms with van der Waals surface area (Å²) in [4.78, 5) is 12.3. The highest BCUT2D eigenvalue weighted by molar-refractivity contribution is 5.93. The summed E-state index contributed by atoms with van der Waals surface area (Å²) in [6.45, 7) is 5.99. The van der Waals surface area contributed by atoms with Crippen LogP contribution in [0.3, 0.4) is 0 Å². The molecule has 0 saturated heterocycles. The Labute approximate surface area is 181 Å². The number of hydrogen-bond donors (Lipinski definition) is 2. The first-order valence-electron chi connectivity index (χ1n) is 11.2. The van der Waals surface area contributed by atoms with Crippen LogP contribution in [0.1, 0.15) is 58.8 Å². The molecule has 1 amide bonds. The van der Waals surface area contributed by atoms with Crippen LogP contribution in [0, 0.1) is 0 Å². The van der Waals surface area contributed by atoms with Gasteiger partial charge >= 0.3 is 0 Å². The first-order valence-corrected chi connectivity index (χ1v) is 11.2. The van der Waals surface area contributed by atoms with Crippen molar-refractivity contribution >= 4 is 17.3 Å². The second kappa shape index (κ2) is 14.3. The Hall–Kier alpha value is -2.69. The fourth-order valence-corrected chi connectivity index (χ4v) is 2.95. The molecule has 0 aliphatic rings. The Bertz CT molecular complexity index is 731. The SMILES string of the molecule is CCCCCCCOc1cccc(NC(=O)CNc2ccc(OCCCC)cc2)c1. The molecule has 0 heterocycles. The van der Waals surface area contributed by atoms with Crippen LogP contribution in [0.25, 0.3) is 0 Å². The van der Waals surface area contributed by atoms with E-state index in [0.29, 0.717) is 6.61 Å². The number of nitrogens with one attached hydrogen (secondary N) is 2. The van der Waals surface area contributed by atoms with Gasteiger partial charge in [-0.05, 0) is 49.2 Å². The van der Waals surface area contributed by atoms with Crippen molar-refractivity contribution in [1.29, 1.82) is 0 Å². The molecule has 2 aromatic carbocycles. The van der Waals surface area contributed by atoms with E-state index in [0.717, 1.165) is 48.7 Å². The maximum Gasteiger partial charge on any atom is 0.243 e. The first kappa shape index (κ1) is 23.6. The van der Waals surface area contributed by atoms with E-state index in [4.69, 9.17) is 9.47 Å². The lowest BCUT2D eigenvalue weighted by Gasteiger charge is -2.11. The Morgan fingerprint density at radius 3 is 2.23 bits per heavy atom. The minimum Gasteiger partial charge on any atom is -0.494 e. The molecule has 0 radical (unpaired) electrons. The molecule has 0 saturated carbocycles. The van der Waals surface area contributed by atoms with Crippen molar-refractivity contribution in [2.45, 2.75) is 58.8 Å². The molecule has 0 bridgehead atoms. The van der Waals surface area contributed by atoms with Gasteiger partial charge in [0.05, 0.1) is 19.8 Å². The van der Waals surface area contributed by atoms with Gasteiger partial charge in [0, 0.05) is 17.4 Å². The second-order valence-electron chi connectivity index (χ2n) is 7.42. The molecule has 0 atom stereocenters. The first-order chi connectivity index (χ1) is 14.7. The van der Waals surface area contributed by atoms with Crippen LogP contribution in [0.5, 0.6) is 11.5 Å². The molecular weight excluding hydrogens is 376 g/mol. The predicted octanol–water partition coefficient (Wildman–Crippen LogP) is 6.27. The molecule has 0 spiro atoms. The number of carbonyl (C=O) groups excluding carboxylic acids is 1. The minimum atomic E-state index is -0.102. The van der Waals surface area contributed by atoms with E-state index in [1.54, 1.807) is 0 Å². The number of unbranched alkanes of at least 4 members (excludes halogenated alkanes) is 5. The number of anilines is 2. The molecule has 2 N–H and O–H groups in total. The van der Waals surface area contributed by atoms with Crippen molar-refractivity contribution in [3.8, 4) is 11.5 Å². The van der Waals surface area contributed by atoms with Crippen molar-refractivity contribution in [3.05, 3.63) is 48.5 Å². The van der Waals surface area contributed by atoms with E-state index in [1.165, 1.54) is 25.7 Å². The summed E-state index contributed by atoms with van der Waals surface area (Å²) in [7, 11) is 0. The second-order valence-corrected chi connectivity index (χ2v) is 7.42. The average Bonchev–Trinajstić information content (AvgIpc) is 2.76. The number of amides is 1. The standard InChI is InChI=1S/C25H36N2O3/c1-3-5-7-8-9-18-30-24-12-10-11-22(19-24)27-25(28)20-26-21-13-15-23(16-14-21)29-17-6-4-2/h10-16,19,26H,3-9,17-18,20H2,1-2H3,(H,27,28). The zero-order valence-corrected chi connectivity index (χ0v) is 18.4. The number of benzene rings is 2. The van der Waals surface area contributed by atoms with Crippen molar-refractivity contribution in [3.63, 3.8) is 0 Å². The molecule has 0 fully saturated rings. The Morgan fingerprint density at radius 1 is 0.767 bits per heavy atom. The Morgan fingerprint density at radius 2 is 1.47 bits per heavy atom. The quantitative estimate of drug-likeness (QED) is 0.339. The van der Waals surface area contributed by atoms with Gasteiger partial charge in [-0.1, -0.05) is 52.0 Å². The highest BCUT2D eigenvalue weighted by Gasteiger charge is 2.04. The van der Waals surface area contributed by atoms with Crippen LogP contribution in [0.15, 0.2) is 48.5 Å². The van der Waals surface area contributed by atoms with Gasteiger partial charge in [0.15, 0.2) is 0 Å². The molecule has 0 unspecified atom stereocenters. The van der Waals surface area contributed by atoms with Gasteiger partial charge in [-0.2, -0.15) is 0 Å². The Balaban J connectivity index is 1.70. The van der Waals surface area contributed by atoms with Gasteiger partial charge in [-0.15, -0.1) is 0 Å². The average molecular weight is 413 g/mol. The van der Waals surface area contributed by atoms with Crippen LogP contribution in [-0.2, 0) is 4.79 Å². The monoisotopic (exact) mass is 412 g/mol. The normalized spacial score (nSPS) is 10.5. The summed E-state index contributed by atoms with van der Waals surface area (Å²) in [5.74, 6) is 1.53. The zero-order valence-electron chi connectivity index (χ0n) is 18.4. The lowest BCUT2D eigenvalue weighted by Crippen LogP contribution is -2.21.